The second-order valence-electron chi connectivity index (χ2n) is 4.70. The van der Waals surface area contributed by atoms with Gasteiger partial charge in [0.05, 0.1) is 6.61 Å². The van der Waals surface area contributed by atoms with Crippen LogP contribution in [0.25, 0.3) is 0 Å². The topological polar surface area (TPSA) is 58.6 Å². The van der Waals surface area contributed by atoms with E-state index < -0.39 is 0 Å². The number of carbonyl (C=O) groups is 1. The molecule has 1 amide bonds. The van der Waals surface area contributed by atoms with Crippen LogP contribution in [0.15, 0.2) is 24.3 Å². The van der Waals surface area contributed by atoms with Crippen molar-refractivity contribution in [3.05, 3.63) is 35.4 Å². The van der Waals surface area contributed by atoms with E-state index in [4.69, 9.17) is 9.84 Å². The van der Waals surface area contributed by atoms with Gasteiger partial charge in [0.1, 0.15) is 0 Å². The highest BCUT2D eigenvalue weighted by molar-refractivity contribution is 5.78. The highest BCUT2D eigenvalue weighted by Gasteiger charge is 2.11. The molecule has 2 N–H and O–H groups in total. The Morgan fingerprint density at radius 3 is 2.53 bits per heavy atom. The van der Waals surface area contributed by atoms with Crippen molar-refractivity contribution in [2.24, 2.45) is 5.92 Å². The number of rotatable bonds is 8. The summed E-state index contributed by atoms with van der Waals surface area (Å²) in [5.41, 5.74) is 2.06. The van der Waals surface area contributed by atoms with Gasteiger partial charge in [-0.15, -0.1) is 0 Å². The summed E-state index contributed by atoms with van der Waals surface area (Å²) in [6.45, 7) is 3.21. The molecule has 1 aromatic rings. The van der Waals surface area contributed by atoms with Crippen LogP contribution in [-0.2, 0) is 22.6 Å². The average Bonchev–Trinajstić information content (AvgIpc) is 2.45. The molecule has 0 aromatic heterocycles. The van der Waals surface area contributed by atoms with Crippen molar-refractivity contribution < 1.29 is 14.6 Å². The van der Waals surface area contributed by atoms with E-state index in [1.807, 2.05) is 31.2 Å². The molecule has 0 saturated heterocycles. The van der Waals surface area contributed by atoms with Gasteiger partial charge in [0.25, 0.3) is 0 Å². The zero-order valence-electron chi connectivity index (χ0n) is 11.7. The maximum Gasteiger partial charge on any atom is 0.222 e. The lowest BCUT2D eigenvalue weighted by Crippen LogP contribution is -2.31. The number of methoxy groups -OCH3 is 1. The van der Waals surface area contributed by atoms with Crippen molar-refractivity contribution in [2.75, 3.05) is 20.3 Å². The highest BCUT2D eigenvalue weighted by atomic mass is 16.5. The maximum atomic E-state index is 11.7. The van der Waals surface area contributed by atoms with Gasteiger partial charge < -0.3 is 15.2 Å². The molecule has 0 heterocycles. The first-order valence-corrected chi connectivity index (χ1v) is 6.62. The minimum absolute atomic E-state index is 0.0169. The van der Waals surface area contributed by atoms with Crippen molar-refractivity contribution >= 4 is 5.91 Å². The third-order valence-corrected chi connectivity index (χ3v) is 3.12. The largest absolute Gasteiger partial charge is 0.392 e. The van der Waals surface area contributed by atoms with Crippen LogP contribution in [-0.4, -0.2) is 31.3 Å². The molecular weight excluding hydrogens is 242 g/mol. The molecule has 1 aromatic carbocycles. The van der Waals surface area contributed by atoms with Gasteiger partial charge in [0.15, 0.2) is 0 Å². The van der Waals surface area contributed by atoms with Crippen molar-refractivity contribution in [2.45, 2.75) is 26.4 Å². The number of ether oxygens (including phenoxy) is 1. The Morgan fingerprint density at radius 2 is 1.95 bits per heavy atom. The van der Waals surface area contributed by atoms with Crippen LogP contribution in [0.2, 0.25) is 0 Å². The van der Waals surface area contributed by atoms with Crippen molar-refractivity contribution in [3.8, 4) is 0 Å². The molecule has 4 nitrogen and oxygen atoms in total. The molecule has 1 atom stereocenters. The highest BCUT2D eigenvalue weighted by Crippen LogP contribution is 2.05. The molecular formula is C15H23NO3. The standard InChI is InChI=1S/C15H23NO3/c1-12(8-10-19-2)15(18)16-9-7-13-3-5-14(11-17)6-4-13/h3-6,12,17H,7-11H2,1-2H3,(H,16,18). The second-order valence-corrected chi connectivity index (χ2v) is 4.70. The van der Waals surface area contributed by atoms with E-state index in [0.29, 0.717) is 13.2 Å². The fraction of sp³-hybridized carbons (Fsp3) is 0.533. The minimum atomic E-state index is -0.0169. The monoisotopic (exact) mass is 265 g/mol. The van der Waals surface area contributed by atoms with Gasteiger partial charge >= 0.3 is 0 Å². The van der Waals surface area contributed by atoms with Crippen LogP contribution >= 0.6 is 0 Å². The lowest BCUT2D eigenvalue weighted by molar-refractivity contribution is -0.124. The van der Waals surface area contributed by atoms with E-state index in [1.54, 1.807) is 7.11 Å². The Labute approximate surface area is 114 Å². The van der Waals surface area contributed by atoms with Crippen molar-refractivity contribution in [1.82, 2.24) is 5.32 Å². The van der Waals surface area contributed by atoms with Crippen LogP contribution < -0.4 is 5.32 Å². The summed E-state index contributed by atoms with van der Waals surface area (Å²) in [6, 6.07) is 7.76. The van der Waals surface area contributed by atoms with Crippen molar-refractivity contribution in [3.63, 3.8) is 0 Å². The number of amides is 1. The van der Waals surface area contributed by atoms with Crippen LogP contribution in [0, 0.1) is 5.92 Å². The third kappa shape index (κ3) is 5.85. The van der Waals surface area contributed by atoms with Gasteiger partial charge in [0.2, 0.25) is 5.91 Å². The lowest BCUT2D eigenvalue weighted by Gasteiger charge is -2.11. The van der Waals surface area contributed by atoms with E-state index >= 15 is 0 Å². The predicted octanol–water partition coefficient (Wildman–Crippen LogP) is 1.51. The minimum Gasteiger partial charge on any atom is -0.392 e. The van der Waals surface area contributed by atoms with Crippen LogP contribution in [0.4, 0.5) is 0 Å². The molecule has 0 fully saturated rings. The summed E-state index contributed by atoms with van der Waals surface area (Å²) in [6.07, 6.45) is 1.54. The molecule has 0 saturated carbocycles. The molecule has 0 aliphatic heterocycles. The molecule has 0 spiro atoms. The first-order valence-electron chi connectivity index (χ1n) is 6.62. The summed E-state index contributed by atoms with van der Waals surface area (Å²) >= 11 is 0. The molecule has 106 valence electrons. The lowest BCUT2D eigenvalue weighted by atomic mass is 10.1. The number of benzene rings is 1. The first-order chi connectivity index (χ1) is 9.17. The van der Waals surface area contributed by atoms with Crippen LogP contribution in [0.3, 0.4) is 0 Å². The molecule has 0 bridgehead atoms. The van der Waals surface area contributed by atoms with Gasteiger partial charge in [-0.05, 0) is 24.0 Å². The molecule has 0 radical (unpaired) electrons. The summed E-state index contributed by atoms with van der Waals surface area (Å²) in [5, 5.41) is 11.9. The molecule has 0 aliphatic rings. The summed E-state index contributed by atoms with van der Waals surface area (Å²) < 4.78 is 4.96. The van der Waals surface area contributed by atoms with Gasteiger partial charge in [0, 0.05) is 26.2 Å². The van der Waals surface area contributed by atoms with E-state index in [0.717, 1.165) is 24.0 Å². The fourth-order valence-corrected chi connectivity index (χ4v) is 1.74. The Kier molecular flexibility index (Phi) is 7.15. The second kappa shape index (κ2) is 8.67. The van der Waals surface area contributed by atoms with E-state index in [9.17, 15) is 4.79 Å². The number of aliphatic hydroxyl groups excluding tert-OH is 1. The van der Waals surface area contributed by atoms with E-state index in [1.165, 1.54) is 0 Å². The Balaban J connectivity index is 2.27. The van der Waals surface area contributed by atoms with Gasteiger partial charge in [-0.25, -0.2) is 0 Å². The molecule has 4 heteroatoms. The summed E-state index contributed by atoms with van der Waals surface area (Å²) in [7, 11) is 1.64. The summed E-state index contributed by atoms with van der Waals surface area (Å²) in [4.78, 5) is 11.7. The quantitative estimate of drug-likeness (QED) is 0.749. The van der Waals surface area contributed by atoms with Crippen LogP contribution in [0.1, 0.15) is 24.5 Å². The number of nitrogens with one attached hydrogen (secondary N) is 1. The normalized spacial score (nSPS) is 12.2. The predicted molar refractivity (Wildman–Crippen MR) is 74.7 cm³/mol. The Bertz CT molecular complexity index is 375. The first kappa shape index (κ1) is 15.7. The van der Waals surface area contributed by atoms with Gasteiger partial charge in [-0.1, -0.05) is 31.2 Å². The Morgan fingerprint density at radius 1 is 1.32 bits per heavy atom. The summed E-state index contributed by atoms with van der Waals surface area (Å²) in [5.74, 6) is 0.0562. The smallest absolute Gasteiger partial charge is 0.222 e. The zero-order valence-corrected chi connectivity index (χ0v) is 11.7. The van der Waals surface area contributed by atoms with Crippen molar-refractivity contribution in [1.29, 1.82) is 0 Å². The van der Waals surface area contributed by atoms with E-state index in [2.05, 4.69) is 5.32 Å². The SMILES string of the molecule is COCCC(C)C(=O)NCCc1ccc(CO)cc1. The number of carbonyl (C=O) groups excluding carboxylic acids is 1. The fourth-order valence-electron chi connectivity index (χ4n) is 1.74. The number of hydrogen-bond acceptors (Lipinski definition) is 3. The molecule has 1 unspecified atom stereocenters. The number of aliphatic hydroxyl groups is 1. The molecule has 19 heavy (non-hydrogen) atoms. The maximum absolute atomic E-state index is 11.7. The third-order valence-electron chi connectivity index (χ3n) is 3.12. The average molecular weight is 265 g/mol. The Hall–Kier alpha value is -1.39. The van der Waals surface area contributed by atoms with Gasteiger partial charge in [-0.2, -0.15) is 0 Å². The van der Waals surface area contributed by atoms with Crippen LogP contribution in [0.5, 0.6) is 0 Å². The molecule has 1 rings (SSSR count). The van der Waals surface area contributed by atoms with E-state index in [-0.39, 0.29) is 18.4 Å². The number of hydrogen-bond donors (Lipinski definition) is 2. The zero-order chi connectivity index (χ0) is 14.1. The van der Waals surface area contributed by atoms with Gasteiger partial charge in [-0.3, -0.25) is 4.79 Å². The molecule has 0 aliphatic carbocycles.